The van der Waals surface area contributed by atoms with Gasteiger partial charge in [0.2, 0.25) is 0 Å². The summed E-state index contributed by atoms with van der Waals surface area (Å²) < 4.78 is 12.3. The number of carbonyl (C=O) groups is 2. The number of ether oxygens (including phenoxy) is 2. The van der Waals surface area contributed by atoms with Crippen molar-refractivity contribution in [1.82, 2.24) is 9.47 Å². The second kappa shape index (κ2) is 10.7. The Labute approximate surface area is 166 Å². The molecule has 2 heterocycles. The number of hydrogen-bond donors (Lipinski definition) is 0. The van der Waals surface area contributed by atoms with Gasteiger partial charge in [-0.25, -0.2) is 4.79 Å². The minimum atomic E-state index is -0.771. The fraction of sp³-hybridized carbons (Fsp3) is 0.571. The van der Waals surface area contributed by atoms with Crippen LogP contribution >= 0.6 is 0 Å². The first kappa shape index (κ1) is 21.7. The van der Waals surface area contributed by atoms with E-state index < -0.39 is 5.97 Å². The van der Waals surface area contributed by atoms with Gasteiger partial charge in [0.05, 0.1) is 6.61 Å². The Morgan fingerprint density at radius 1 is 1.21 bits per heavy atom. The Hall–Kier alpha value is -2.59. The van der Waals surface area contributed by atoms with Crippen LogP contribution in [0.4, 0.5) is 0 Å². The molecule has 0 atom stereocenters. The van der Waals surface area contributed by atoms with Crippen molar-refractivity contribution in [2.24, 2.45) is 0 Å². The van der Waals surface area contributed by atoms with E-state index in [1.54, 1.807) is 12.0 Å². The minimum absolute atomic E-state index is 0.115. The van der Waals surface area contributed by atoms with Crippen LogP contribution in [0.3, 0.4) is 0 Å². The standard InChI is InChI=1S/C21H29N3O4/c1-16-12-18(17(2)24(16)10-11-27-3)13-19(14-22)21(26)28-15-20(25)23-8-6-4-5-7-9-23/h12-13H,4-11,15H2,1-3H3. The Bertz CT molecular complexity index is 765. The number of likely N-dealkylation sites (tertiary alicyclic amines) is 1. The molecule has 1 aromatic rings. The lowest BCUT2D eigenvalue weighted by molar-refractivity contribution is -0.148. The van der Waals surface area contributed by atoms with Gasteiger partial charge in [-0.05, 0) is 44.4 Å². The molecule has 28 heavy (non-hydrogen) atoms. The van der Waals surface area contributed by atoms with E-state index in [9.17, 15) is 14.9 Å². The van der Waals surface area contributed by atoms with E-state index in [1.807, 2.05) is 26.0 Å². The van der Waals surface area contributed by atoms with Crippen molar-refractivity contribution in [1.29, 1.82) is 5.26 Å². The van der Waals surface area contributed by atoms with Gasteiger partial charge in [-0.15, -0.1) is 0 Å². The highest BCUT2D eigenvalue weighted by Crippen LogP contribution is 2.19. The van der Waals surface area contributed by atoms with Crippen molar-refractivity contribution in [3.63, 3.8) is 0 Å². The predicted octanol–water partition coefficient (Wildman–Crippen LogP) is 2.60. The van der Waals surface area contributed by atoms with Gasteiger partial charge in [0, 0.05) is 38.1 Å². The number of methoxy groups -OCH3 is 1. The third-order valence-corrected chi connectivity index (χ3v) is 5.06. The first-order chi connectivity index (χ1) is 13.5. The fourth-order valence-corrected chi connectivity index (χ4v) is 3.41. The van der Waals surface area contributed by atoms with Crippen molar-refractivity contribution >= 4 is 18.0 Å². The number of esters is 1. The number of carbonyl (C=O) groups excluding carboxylic acids is 2. The largest absolute Gasteiger partial charge is 0.451 e. The van der Waals surface area contributed by atoms with Crippen molar-refractivity contribution in [3.8, 4) is 6.07 Å². The molecule has 1 fully saturated rings. The lowest BCUT2D eigenvalue weighted by Gasteiger charge is -2.19. The van der Waals surface area contributed by atoms with Crippen LogP contribution < -0.4 is 0 Å². The number of aromatic nitrogens is 1. The molecule has 0 aromatic carbocycles. The van der Waals surface area contributed by atoms with Gasteiger partial charge in [0.25, 0.3) is 5.91 Å². The van der Waals surface area contributed by atoms with Gasteiger partial charge >= 0.3 is 5.97 Å². The molecular weight excluding hydrogens is 358 g/mol. The highest BCUT2D eigenvalue weighted by molar-refractivity contribution is 5.99. The number of hydrogen-bond acceptors (Lipinski definition) is 5. The molecule has 7 nitrogen and oxygen atoms in total. The molecular formula is C21H29N3O4. The first-order valence-electron chi connectivity index (χ1n) is 9.70. The zero-order valence-electron chi connectivity index (χ0n) is 17.0. The van der Waals surface area contributed by atoms with Gasteiger partial charge in [-0.3, -0.25) is 4.79 Å². The zero-order chi connectivity index (χ0) is 20.5. The number of nitrogens with zero attached hydrogens (tertiary/aromatic N) is 3. The molecule has 1 saturated heterocycles. The lowest BCUT2D eigenvalue weighted by atomic mass is 10.1. The van der Waals surface area contributed by atoms with Crippen LogP contribution in [0.2, 0.25) is 0 Å². The molecule has 1 amide bonds. The van der Waals surface area contributed by atoms with E-state index in [1.165, 1.54) is 6.08 Å². The van der Waals surface area contributed by atoms with Crippen LogP contribution in [0.5, 0.6) is 0 Å². The van der Waals surface area contributed by atoms with E-state index in [0.29, 0.717) is 26.2 Å². The maximum absolute atomic E-state index is 12.3. The minimum Gasteiger partial charge on any atom is -0.451 e. The number of nitriles is 1. The van der Waals surface area contributed by atoms with Gasteiger partial charge < -0.3 is 18.9 Å². The Morgan fingerprint density at radius 3 is 2.50 bits per heavy atom. The summed E-state index contributed by atoms with van der Waals surface area (Å²) in [6.07, 6.45) is 5.70. The summed E-state index contributed by atoms with van der Waals surface area (Å²) in [5, 5.41) is 9.38. The summed E-state index contributed by atoms with van der Waals surface area (Å²) in [7, 11) is 1.64. The molecule has 0 aliphatic carbocycles. The molecule has 152 valence electrons. The topological polar surface area (TPSA) is 84.6 Å². The summed E-state index contributed by atoms with van der Waals surface area (Å²) in [6, 6.07) is 3.81. The maximum Gasteiger partial charge on any atom is 0.349 e. The smallest absolute Gasteiger partial charge is 0.349 e. The monoisotopic (exact) mass is 387 g/mol. The van der Waals surface area contributed by atoms with Crippen LogP contribution in [0.1, 0.15) is 42.6 Å². The third kappa shape index (κ3) is 5.70. The van der Waals surface area contributed by atoms with Crippen LogP contribution in [0, 0.1) is 25.2 Å². The Morgan fingerprint density at radius 2 is 1.89 bits per heavy atom. The predicted molar refractivity (Wildman–Crippen MR) is 105 cm³/mol. The normalized spacial score (nSPS) is 15.1. The first-order valence-corrected chi connectivity index (χ1v) is 9.70. The van der Waals surface area contributed by atoms with E-state index in [2.05, 4.69) is 4.57 Å². The molecule has 0 unspecified atom stereocenters. The van der Waals surface area contributed by atoms with Crippen molar-refractivity contribution in [2.45, 2.75) is 46.1 Å². The van der Waals surface area contributed by atoms with Crippen molar-refractivity contribution in [2.75, 3.05) is 33.4 Å². The molecule has 7 heteroatoms. The SMILES string of the molecule is COCCn1c(C)cc(C=C(C#N)C(=O)OCC(=O)N2CCCCCC2)c1C. The summed E-state index contributed by atoms with van der Waals surface area (Å²) in [5.74, 6) is -0.974. The molecule has 1 aliphatic rings. The summed E-state index contributed by atoms with van der Waals surface area (Å²) in [6.45, 7) is 6.23. The highest BCUT2D eigenvalue weighted by atomic mass is 16.5. The molecule has 0 bridgehead atoms. The number of amides is 1. The highest BCUT2D eigenvalue weighted by Gasteiger charge is 2.19. The van der Waals surface area contributed by atoms with Crippen LogP contribution in [0.25, 0.3) is 6.08 Å². The molecule has 1 aliphatic heterocycles. The lowest BCUT2D eigenvalue weighted by Crippen LogP contribution is -2.35. The van der Waals surface area contributed by atoms with Gasteiger partial charge in [0.1, 0.15) is 11.6 Å². The molecule has 0 N–H and O–H groups in total. The van der Waals surface area contributed by atoms with Crippen molar-refractivity contribution < 1.29 is 19.1 Å². The Balaban J connectivity index is 2.03. The van der Waals surface area contributed by atoms with Crippen LogP contribution in [-0.2, 0) is 25.6 Å². The van der Waals surface area contributed by atoms with E-state index in [-0.39, 0.29) is 18.1 Å². The van der Waals surface area contributed by atoms with Crippen LogP contribution in [0.15, 0.2) is 11.6 Å². The quantitative estimate of drug-likeness (QED) is 0.408. The molecule has 0 radical (unpaired) electrons. The summed E-state index contributed by atoms with van der Waals surface area (Å²) >= 11 is 0. The molecule has 1 aromatic heterocycles. The van der Waals surface area contributed by atoms with E-state index in [0.717, 1.165) is 42.6 Å². The average Bonchev–Trinajstić information content (AvgIpc) is 2.88. The summed E-state index contributed by atoms with van der Waals surface area (Å²) in [4.78, 5) is 26.3. The number of aryl methyl sites for hydroxylation is 1. The maximum atomic E-state index is 12.3. The second-order valence-electron chi connectivity index (χ2n) is 7.01. The van der Waals surface area contributed by atoms with Gasteiger partial charge in [-0.1, -0.05) is 12.8 Å². The second-order valence-corrected chi connectivity index (χ2v) is 7.01. The third-order valence-electron chi connectivity index (χ3n) is 5.06. The molecule has 0 saturated carbocycles. The van der Waals surface area contributed by atoms with Gasteiger partial charge in [0.15, 0.2) is 6.61 Å². The number of rotatable bonds is 7. The molecule has 0 spiro atoms. The summed E-state index contributed by atoms with van der Waals surface area (Å²) in [5.41, 5.74) is 2.62. The van der Waals surface area contributed by atoms with E-state index in [4.69, 9.17) is 9.47 Å². The Kier molecular flexibility index (Phi) is 8.27. The average molecular weight is 387 g/mol. The van der Waals surface area contributed by atoms with Gasteiger partial charge in [-0.2, -0.15) is 5.26 Å². The molecule has 2 rings (SSSR count). The zero-order valence-corrected chi connectivity index (χ0v) is 17.0. The van der Waals surface area contributed by atoms with E-state index >= 15 is 0 Å². The van der Waals surface area contributed by atoms with Crippen LogP contribution in [-0.4, -0.2) is 54.8 Å². The fourth-order valence-electron chi connectivity index (χ4n) is 3.41. The van der Waals surface area contributed by atoms with Crippen molar-refractivity contribution in [3.05, 3.63) is 28.6 Å².